The van der Waals surface area contributed by atoms with Gasteiger partial charge in [0.05, 0.1) is 6.26 Å². The second-order valence-corrected chi connectivity index (χ2v) is 2.99. The van der Waals surface area contributed by atoms with Gasteiger partial charge in [0, 0.05) is 5.92 Å². The van der Waals surface area contributed by atoms with E-state index in [4.69, 9.17) is 4.74 Å². The minimum Gasteiger partial charge on any atom is -0.498 e. The minimum atomic E-state index is 0.394. The predicted octanol–water partition coefficient (Wildman–Crippen LogP) is 2.19. The Morgan fingerprint density at radius 1 is 1.44 bits per heavy atom. The van der Waals surface area contributed by atoms with Crippen LogP contribution in [0.2, 0.25) is 0 Å². The fraction of sp³-hybridized carbons (Fsp3) is 0.750. The second-order valence-electron chi connectivity index (χ2n) is 2.99. The van der Waals surface area contributed by atoms with E-state index >= 15 is 0 Å². The average Bonchev–Trinajstić information content (AvgIpc) is 2.13. The highest BCUT2D eigenvalue weighted by Crippen LogP contribution is 2.24. The summed E-state index contributed by atoms with van der Waals surface area (Å²) in [5.41, 5.74) is 0. The Kier molecular flexibility index (Phi) is 1.79. The Hall–Kier alpha value is -0.460. The van der Waals surface area contributed by atoms with Crippen molar-refractivity contribution in [2.45, 2.75) is 26.9 Å². The topological polar surface area (TPSA) is 9.23 Å². The molecular formula is C8H14O. The maximum absolute atomic E-state index is 5.25. The van der Waals surface area contributed by atoms with Crippen LogP contribution in [0, 0.1) is 11.8 Å². The zero-order valence-electron chi connectivity index (χ0n) is 6.29. The molecule has 0 aliphatic carbocycles. The van der Waals surface area contributed by atoms with E-state index in [2.05, 4.69) is 26.8 Å². The van der Waals surface area contributed by atoms with E-state index in [9.17, 15) is 0 Å². The third kappa shape index (κ3) is 1.26. The van der Waals surface area contributed by atoms with Gasteiger partial charge in [-0.15, -0.1) is 0 Å². The molecule has 52 valence electrons. The maximum atomic E-state index is 5.25. The highest BCUT2D eigenvalue weighted by Gasteiger charge is 2.22. The van der Waals surface area contributed by atoms with Crippen molar-refractivity contribution in [3.63, 3.8) is 0 Å². The lowest BCUT2D eigenvalue weighted by Gasteiger charge is -2.16. The monoisotopic (exact) mass is 126 g/mol. The van der Waals surface area contributed by atoms with Gasteiger partial charge in [-0.3, -0.25) is 0 Å². The third-order valence-corrected chi connectivity index (χ3v) is 1.91. The fourth-order valence-corrected chi connectivity index (χ4v) is 1.27. The van der Waals surface area contributed by atoms with Gasteiger partial charge in [0.2, 0.25) is 0 Å². The summed E-state index contributed by atoms with van der Waals surface area (Å²) in [6, 6.07) is 0. The van der Waals surface area contributed by atoms with Crippen LogP contribution in [0.25, 0.3) is 0 Å². The molecule has 1 nitrogen and oxygen atoms in total. The predicted molar refractivity (Wildman–Crippen MR) is 38.0 cm³/mol. The zero-order valence-corrected chi connectivity index (χ0v) is 6.29. The summed E-state index contributed by atoms with van der Waals surface area (Å²) in [7, 11) is 0. The van der Waals surface area contributed by atoms with Crippen LogP contribution in [-0.4, -0.2) is 6.10 Å². The van der Waals surface area contributed by atoms with Gasteiger partial charge in [-0.05, 0) is 18.9 Å². The van der Waals surface area contributed by atoms with E-state index < -0.39 is 0 Å². The SMILES string of the molecule is CC(C)C1C=COC1C. The molecule has 0 aromatic heterocycles. The molecule has 0 amide bonds. The van der Waals surface area contributed by atoms with Gasteiger partial charge in [0.15, 0.2) is 0 Å². The summed E-state index contributed by atoms with van der Waals surface area (Å²) < 4.78 is 5.25. The lowest BCUT2D eigenvalue weighted by atomic mass is 9.92. The molecule has 1 heteroatoms. The molecule has 2 atom stereocenters. The molecule has 9 heavy (non-hydrogen) atoms. The first-order valence-electron chi connectivity index (χ1n) is 3.54. The van der Waals surface area contributed by atoms with E-state index in [1.807, 2.05) is 6.26 Å². The molecule has 0 saturated carbocycles. The quantitative estimate of drug-likeness (QED) is 0.523. The van der Waals surface area contributed by atoms with Gasteiger partial charge in [-0.1, -0.05) is 13.8 Å². The van der Waals surface area contributed by atoms with Gasteiger partial charge < -0.3 is 4.74 Å². The Morgan fingerprint density at radius 3 is 2.33 bits per heavy atom. The number of rotatable bonds is 1. The fourth-order valence-electron chi connectivity index (χ4n) is 1.27. The molecule has 0 aromatic rings. The van der Waals surface area contributed by atoms with Crippen molar-refractivity contribution in [3.05, 3.63) is 12.3 Å². The third-order valence-electron chi connectivity index (χ3n) is 1.91. The highest BCUT2D eigenvalue weighted by molar-refractivity contribution is 4.95. The van der Waals surface area contributed by atoms with E-state index in [0.717, 1.165) is 0 Å². The maximum Gasteiger partial charge on any atom is 0.102 e. The molecule has 1 rings (SSSR count). The minimum absolute atomic E-state index is 0.394. The van der Waals surface area contributed by atoms with Crippen molar-refractivity contribution in [1.82, 2.24) is 0 Å². The number of ether oxygens (including phenoxy) is 1. The Balaban J connectivity index is 2.49. The second kappa shape index (κ2) is 2.42. The first-order chi connectivity index (χ1) is 4.22. The van der Waals surface area contributed by atoms with Gasteiger partial charge in [0.1, 0.15) is 6.10 Å². The van der Waals surface area contributed by atoms with Crippen LogP contribution in [-0.2, 0) is 4.74 Å². The van der Waals surface area contributed by atoms with Gasteiger partial charge in [-0.25, -0.2) is 0 Å². The molecule has 1 aliphatic rings. The van der Waals surface area contributed by atoms with Gasteiger partial charge >= 0.3 is 0 Å². The summed E-state index contributed by atoms with van der Waals surface area (Å²) in [5.74, 6) is 1.34. The summed E-state index contributed by atoms with van der Waals surface area (Å²) in [4.78, 5) is 0. The molecule has 0 bridgehead atoms. The van der Waals surface area contributed by atoms with Crippen molar-refractivity contribution in [2.75, 3.05) is 0 Å². The van der Waals surface area contributed by atoms with Crippen LogP contribution in [0.15, 0.2) is 12.3 Å². The van der Waals surface area contributed by atoms with E-state index in [0.29, 0.717) is 17.9 Å². The van der Waals surface area contributed by atoms with E-state index in [-0.39, 0.29) is 0 Å². The lowest BCUT2D eigenvalue weighted by molar-refractivity contribution is 0.133. The Labute approximate surface area is 56.7 Å². The van der Waals surface area contributed by atoms with Crippen molar-refractivity contribution < 1.29 is 4.74 Å². The highest BCUT2D eigenvalue weighted by atomic mass is 16.5. The normalized spacial score (nSPS) is 33.3. The molecule has 0 fully saturated rings. The van der Waals surface area contributed by atoms with Crippen LogP contribution in [0.4, 0.5) is 0 Å². The van der Waals surface area contributed by atoms with Crippen LogP contribution in [0.1, 0.15) is 20.8 Å². The molecular weight excluding hydrogens is 112 g/mol. The molecule has 0 radical (unpaired) electrons. The first-order valence-corrected chi connectivity index (χ1v) is 3.54. The molecule has 0 saturated heterocycles. The van der Waals surface area contributed by atoms with Crippen molar-refractivity contribution in [3.8, 4) is 0 Å². The molecule has 0 N–H and O–H groups in total. The van der Waals surface area contributed by atoms with Gasteiger partial charge in [-0.2, -0.15) is 0 Å². The summed E-state index contributed by atoms with van der Waals surface area (Å²) in [6.07, 6.45) is 4.36. The van der Waals surface area contributed by atoms with Crippen molar-refractivity contribution in [2.24, 2.45) is 11.8 Å². The van der Waals surface area contributed by atoms with Crippen LogP contribution in [0.5, 0.6) is 0 Å². The first kappa shape index (κ1) is 6.66. The van der Waals surface area contributed by atoms with Crippen molar-refractivity contribution >= 4 is 0 Å². The van der Waals surface area contributed by atoms with Crippen LogP contribution in [0.3, 0.4) is 0 Å². The number of hydrogen-bond donors (Lipinski definition) is 0. The number of hydrogen-bond acceptors (Lipinski definition) is 1. The molecule has 1 aliphatic heterocycles. The van der Waals surface area contributed by atoms with E-state index in [1.165, 1.54) is 0 Å². The van der Waals surface area contributed by atoms with Crippen LogP contribution < -0.4 is 0 Å². The molecule has 0 spiro atoms. The standard InChI is InChI=1S/C8H14O/c1-6(2)8-4-5-9-7(8)3/h4-8H,1-3H3. The lowest BCUT2D eigenvalue weighted by Crippen LogP contribution is -2.17. The summed E-state index contributed by atoms with van der Waals surface area (Å²) in [5, 5.41) is 0. The van der Waals surface area contributed by atoms with Crippen molar-refractivity contribution in [1.29, 1.82) is 0 Å². The Bertz CT molecular complexity index is 116. The molecule has 2 unspecified atom stereocenters. The summed E-state index contributed by atoms with van der Waals surface area (Å²) in [6.45, 7) is 6.56. The molecule has 1 heterocycles. The summed E-state index contributed by atoms with van der Waals surface area (Å²) >= 11 is 0. The Morgan fingerprint density at radius 2 is 2.11 bits per heavy atom. The van der Waals surface area contributed by atoms with Crippen LogP contribution >= 0.6 is 0 Å². The van der Waals surface area contributed by atoms with E-state index in [1.54, 1.807) is 0 Å². The smallest absolute Gasteiger partial charge is 0.102 e. The average molecular weight is 126 g/mol. The van der Waals surface area contributed by atoms with Gasteiger partial charge in [0.25, 0.3) is 0 Å². The zero-order chi connectivity index (χ0) is 6.85. The molecule has 0 aromatic carbocycles. The largest absolute Gasteiger partial charge is 0.498 e.